The van der Waals surface area contributed by atoms with E-state index in [1.807, 2.05) is 0 Å². The molecule has 3 unspecified atom stereocenters. The SMILES string of the molecule is CC(CNC1CC1)COC1CC(C)OC(C)C1. The van der Waals surface area contributed by atoms with Gasteiger partial charge in [0.05, 0.1) is 24.9 Å². The zero-order valence-corrected chi connectivity index (χ0v) is 11.4. The minimum absolute atomic E-state index is 0.351. The molecule has 0 aromatic rings. The van der Waals surface area contributed by atoms with E-state index in [9.17, 15) is 0 Å². The first-order valence-corrected chi connectivity index (χ1v) is 7.14. The molecule has 2 rings (SSSR count). The van der Waals surface area contributed by atoms with Gasteiger partial charge in [0, 0.05) is 12.6 Å². The van der Waals surface area contributed by atoms with Gasteiger partial charge in [-0.3, -0.25) is 0 Å². The quantitative estimate of drug-likeness (QED) is 0.774. The molecule has 1 N–H and O–H groups in total. The van der Waals surface area contributed by atoms with Crippen molar-refractivity contribution in [3.05, 3.63) is 0 Å². The average molecular weight is 241 g/mol. The van der Waals surface area contributed by atoms with Gasteiger partial charge in [0.15, 0.2) is 0 Å². The normalized spacial score (nSPS) is 35.8. The van der Waals surface area contributed by atoms with Crippen LogP contribution in [0.25, 0.3) is 0 Å². The zero-order chi connectivity index (χ0) is 12.3. The Labute approximate surface area is 105 Å². The molecule has 0 amide bonds. The smallest absolute Gasteiger partial charge is 0.0624 e. The number of nitrogens with one attached hydrogen (secondary N) is 1. The van der Waals surface area contributed by atoms with Crippen molar-refractivity contribution in [1.29, 1.82) is 0 Å². The molecule has 0 radical (unpaired) electrons. The lowest BCUT2D eigenvalue weighted by Gasteiger charge is -2.32. The Balaban J connectivity index is 1.59. The largest absolute Gasteiger partial charge is 0.378 e. The summed E-state index contributed by atoms with van der Waals surface area (Å²) in [6.45, 7) is 8.53. The predicted octanol–water partition coefficient (Wildman–Crippen LogP) is 2.35. The highest BCUT2D eigenvalue weighted by Gasteiger charge is 2.25. The Bertz CT molecular complexity index is 220. The summed E-state index contributed by atoms with van der Waals surface area (Å²) in [6, 6.07) is 0.806. The third-order valence-electron chi connectivity index (χ3n) is 3.60. The molecule has 1 heterocycles. The molecule has 3 atom stereocenters. The van der Waals surface area contributed by atoms with Gasteiger partial charge in [0.25, 0.3) is 0 Å². The molecule has 2 aliphatic rings. The van der Waals surface area contributed by atoms with Crippen LogP contribution >= 0.6 is 0 Å². The molecule has 17 heavy (non-hydrogen) atoms. The van der Waals surface area contributed by atoms with E-state index in [2.05, 4.69) is 26.1 Å². The lowest BCUT2D eigenvalue weighted by molar-refractivity contribution is -0.106. The van der Waals surface area contributed by atoms with Crippen molar-refractivity contribution < 1.29 is 9.47 Å². The fourth-order valence-corrected chi connectivity index (χ4v) is 2.50. The van der Waals surface area contributed by atoms with Crippen molar-refractivity contribution in [2.75, 3.05) is 13.2 Å². The Kier molecular flexibility index (Phi) is 4.83. The van der Waals surface area contributed by atoms with Gasteiger partial charge in [-0.25, -0.2) is 0 Å². The van der Waals surface area contributed by atoms with Crippen LogP contribution in [0.1, 0.15) is 46.5 Å². The molecular formula is C14H27NO2. The van der Waals surface area contributed by atoms with Crippen LogP contribution < -0.4 is 5.32 Å². The van der Waals surface area contributed by atoms with E-state index in [1.54, 1.807) is 0 Å². The van der Waals surface area contributed by atoms with E-state index in [4.69, 9.17) is 9.47 Å². The van der Waals surface area contributed by atoms with Gasteiger partial charge in [0.1, 0.15) is 0 Å². The highest BCUT2D eigenvalue weighted by Crippen LogP contribution is 2.22. The van der Waals surface area contributed by atoms with Gasteiger partial charge in [-0.05, 0) is 45.4 Å². The maximum atomic E-state index is 6.02. The van der Waals surface area contributed by atoms with Crippen LogP contribution in [0.3, 0.4) is 0 Å². The van der Waals surface area contributed by atoms with Gasteiger partial charge in [0.2, 0.25) is 0 Å². The van der Waals surface area contributed by atoms with E-state index in [0.29, 0.717) is 24.2 Å². The lowest BCUT2D eigenvalue weighted by Crippen LogP contribution is -2.35. The molecule has 0 aromatic carbocycles. The maximum absolute atomic E-state index is 6.02. The van der Waals surface area contributed by atoms with E-state index in [1.165, 1.54) is 12.8 Å². The summed E-state index contributed by atoms with van der Waals surface area (Å²) in [5, 5.41) is 3.56. The fraction of sp³-hybridized carbons (Fsp3) is 1.00. The van der Waals surface area contributed by atoms with Gasteiger partial charge in [-0.15, -0.1) is 0 Å². The summed E-state index contributed by atoms with van der Waals surface area (Å²) < 4.78 is 11.7. The standard InChI is InChI=1S/C14H27NO2/c1-10(8-15-13-4-5-13)9-16-14-6-11(2)17-12(3)7-14/h10-15H,4-9H2,1-3H3. The minimum atomic E-state index is 0.351. The van der Waals surface area contributed by atoms with E-state index < -0.39 is 0 Å². The van der Waals surface area contributed by atoms with Crippen molar-refractivity contribution in [3.8, 4) is 0 Å². The van der Waals surface area contributed by atoms with Crippen LogP contribution in [0.2, 0.25) is 0 Å². The van der Waals surface area contributed by atoms with E-state index in [-0.39, 0.29) is 0 Å². The van der Waals surface area contributed by atoms with Crippen LogP contribution in [0.4, 0.5) is 0 Å². The Morgan fingerprint density at radius 3 is 2.47 bits per heavy atom. The second kappa shape index (κ2) is 6.17. The number of rotatable bonds is 6. The Morgan fingerprint density at radius 2 is 1.88 bits per heavy atom. The summed E-state index contributed by atoms with van der Waals surface area (Å²) >= 11 is 0. The number of ether oxygens (including phenoxy) is 2. The first kappa shape index (κ1) is 13.3. The van der Waals surface area contributed by atoms with Crippen LogP contribution in [-0.2, 0) is 9.47 Å². The highest BCUT2D eigenvalue weighted by molar-refractivity contribution is 4.81. The highest BCUT2D eigenvalue weighted by atomic mass is 16.5. The molecule has 1 aliphatic heterocycles. The second-order valence-corrected chi connectivity index (χ2v) is 5.97. The monoisotopic (exact) mass is 241 g/mol. The van der Waals surface area contributed by atoms with E-state index >= 15 is 0 Å². The molecule has 0 bridgehead atoms. The Morgan fingerprint density at radius 1 is 1.24 bits per heavy atom. The van der Waals surface area contributed by atoms with Crippen molar-refractivity contribution >= 4 is 0 Å². The number of hydrogen-bond acceptors (Lipinski definition) is 3. The molecule has 0 aromatic heterocycles. The van der Waals surface area contributed by atoms with Crippen LogP contribution in [0, 0.1) is 5.92 Å². The predicted molar refractivity (Wildman–Crippen MR) is 69.2 cm³/mol. The van der Waals surface area contributed by atoms with Crippen molar-refractivity contribution in [2.24, 2.45) is 5.92 Å². The fourth-order valence-electron chi connectivity index (χ4n) is 2.50. The minimum Gasteiger partial charge on any atom is -0.378 e. The lowest BCUT2D eigenvalue weighted by atomic mass is 10.0. The molecule has 2 fully saturated rings. The van der Waals surface area contributed by atoms with Crippen molar-refractivity contribution in [3.63, 3.8) is 0 Å². The van der Waals surface area contributed by atoms with Gasteiger partial charge in [-0.2, -0.15) is 0 Å². The first-order valence-electron chi connectivity index (χ1n) is 7.14. The first-order chi connectivity index (χ1) is 8.13. The van der Waals surface area contributed by atoms with Crippen LogP contribution in [-0.4, -0.2) is 37.5 Å². The molecule has 3 nitrogen and oxygen atoms in total. The summed E-state index contributed by atoms with van der Waals surface area (Å²) in [5.41, 5.74) is 0. The summed E-state index contributed by atoms with van der Waals surface area (Å²) in [7, 11) is 0. The third kappa shape index (κ3) is 4.94. The van der Waals surface area contributed by atoms with Gasteiger partial charge < -0.3 is 14.8 Å². The summed E-state index contributed by atoms with van der Waals surface area (Å²) in [5.74, 6) is 0.615. The van der Waals surface area contributed by atoms with Crippen LogP contribution in [0.5, 0.6) is 0 Å². The molecule has 3 heteroatoms. The van der Waals surface area contributed by atoms with Crippen molar-refractivity contribution in [2.45, 2.75) is 70.8 Å². The zero-order valence-electron chi connectivity index (χ0n) is 11.4. The molecule has 0 spiro atoms. The molecular weight excluding hydrogens is 214 g/mol. The van der Waals surface area contributed by atoms with E-state index in [0.717, 1.165) is 32.0 Å². The second-order valence-electron chi connectivity index (χ2n) is 5.97. The van der Waals surface area contributed by atoms with Crippen LogP contribution in [0.15, 0.2) is 0 Å². The summed E-state index contributed by atoms with van der Waals surface area (Å²) in [6.07, 6.45) is 5.93. The van der Waals surface area contributed by atoms with Crippen molar-refractivity contribution in [1.82, 2.24) is 5.32 Å². The average Bonchev–Trinajstić information content (AvgIpc) is 3.06. The molecule has 1 aliphatic carbocycles. The molecule has 100 valence electrons. The molecule has 1 saturated heterocycles. The topological polar surface area (TPSA) is 30.5 Å². The molecule has 1 saturated carbocycles. The Hall–Kier alpha value is -0.120. The third-order valence-corrected chi connectivity index (χ3v) is 3.60. The van der Waals surface area contributed by atoms with Gasteiger partial charge >= 0.3 is 0 Å². The maximum Gasteiger partial charge on any atom is 0.0624 e. The summed E-state index contributed by atoms with van der Waals surface area (Å²) in [4.78, 5) is 0. The number of hydrogen-bond donors (Lipinski definition) is 1. The van der Waals surface area contributed by atoms with Gasteiger partial charge in [-0.1, -0.05) is 6.92 Å².